The summed E-state index contributed by atoms with van der Waals surface area (Å²) < 4.78 is 22.9. The highest BCUT2D eigenvalue weighted by Gasteiger charge is 2.40. The Morgan fingerprint density at radius 2 is 1.94 bits per heavy atom. The maximum atomic E-state index is 11.4. The lowest BCUT2D eigenvalue weighted by Gasteiger charge is -2.25. The molecular weight excluding hydrogens is 246 g/mol. The van der Waals surface area contributed by atoms with E-state index in [1.807, 2.05) is 0 Å². The van der Waals surface area contributed by atoms with Crippen molar-refractivity contribution in [1.29, 1.82) is 0 Å². The van der Waals surface area contributed by atoms with E-state index in [0.29, 0.717) is 17.4 Å². The second-order valence-electron chi connectivity index (χ2n) is 6.94. The molecule has 3 nitrogen and oxygen atoms in total. The maximum Gasteiger partial charge on any atom is 0.150 e. The van der Waals surface area contributed by atoms with Crippen molar-refractivity contribution in [2.75, 3.05) is 11.5 Å². The Bertz CT molecular complexity index is 406. The van der Waals surface area contributed by atoms with Gasteiger partial charge in [0.15, 0.2) is 9.84 Å². The van der Waals surface area contributed by atoms with Crippen molar-refractivity contribution in [1.82, 2.24) is 0 Å². The summed E-state index contributed by atoms with van der Waals surface area (Å²) in [6.07, 6.45) is 8.59. The first-order chi connectivity index (χ1) is 8.52. The summed E-state index contributed by atoms with van der Waals surface area (Å²) in [7, 11) is -2.73. The predicted octanol–water partition coefficient (Wildman–Crippen LogP) is 1.96. The largest absolute Gasteiger partial charge is 0.328 e. The lowest BCUT2D eigenvalue weighted by molar-refractivity contribution is 0.280. The lowest BCUT2D eigenvalue weighted by atomic mass is 9.82. The van der Waals surface area contributed by atoms with E-state index in [4.69, 9.17) is 5.73 Å². The third-order valence-electron chi connectivity index (χ3n) is 5.45. The second kappa shape index (κ2) is 4.78. The number of sulfone groups is 1. The van der Waals surface area contributed by atoms with Crippen LogP contribution in [0.3, 0.4) is 0 Å². The summed E-state index contributed by atoms with van der Waals surface area (Å²) in [5.74, 6) is 3.88. The van der Waals surface area contributed by atoms with Crippen LogP contribution in [0.5, 0.6) is 0 Å². The van der Waals surface area contributed by atoms with E-state index >= 15 is 0 Å². The summed E-state index contributed by atoms with van der Waals surface area (Å²) in [5, 5.41) is 0. The highest BCUT2D eigenvalue weighted by molar-refractivity contribution is 7.91. The standard InChI is InChI=1S/C14H25NO2S/c15-14(7-11-3-4-18(16,17)9-11)8-13-6-10-1-2-12(13)5-10/h10-14H,1-9,15H2. The Kier molecular flexibility index (Phi) is 3.43. The van der Waals surface area contributed by atoms with Gasteiger partial charge in [-0.05, 0) is 62.2 Å². The highest BCUT2D eigenvalue weighted by atomic mass is 32.2. The van der Waals surface area contributed by atoms with Crippen LogP contribution in [0.15, 0.2) is 0 Å². The number of fused-ring (bicyclic) bond motifs is 2. The molecule has 1 heterocycles. The summed E-state index contributed by atoms with van der Waals surface area (Å²) in [4.78, 5) is 0. The molecule has 3 aliphatic rings. The Balaban J connectivity index is 1.46. The van der Waals surface area contributed by atoms with Crippen LogP contribution in [-0.4, -0.2) is 26.0 Å². The topological polar surface area (TPSA) is 60.2 Å². The fraction of sp³-hybridized carbons (Fsp3) is 1.00. The molecule has 104 valence electrons. The van der Waals surface area contributed by atoms with Crippen molar-refractivity contribution < 1.29 is 8.42 Å². The lowest BCUT2D eigenvalue weighted by Crippen LogP contribution is -2.28. The Morgan fingerprint density at radius 1 is 1.11 bits per heavy atom. The number of rotatable bonds is 4. The molecule has 0 aromatic heterocycles. The zero-order valence-electron chi connectivity index (χ0n) is 11.1. The molecule has 3 rings (SSSR count). The smallest absolute Gasteiger partial charge is 0.150 e. The third-order valence-corrected chi connectivity index (χ3v) is 7.29. The van der Waals surface area contributed by atoms with E-state index < -0.39 is 9.84 Å². The quantitative estimate of drug-likeness (QED) is 0.850. The summed E-state index contributed by atoms with van der Waals surface area (Å²) >= 11 is 0. The van der Waals surface area contributed by atoms with E-state index in [2.05, 4.69) is 0 Å². The van der Waals surface area contributed by atoms with Gasteiger partial charge in [-0.2, -0.15) is 0 Å². The minimum absolute atomic E-state index is 0.229. The van der Waals surface area contributed by atoms with Gasteiger partial charge in [0.05, 0.1) is 11.5 Å². The summed E-state index contributed by atoms with van der Waals surface area (Å²) in [6.45, 7) is 0. The van der Waals surface area contributed by atoms with Crippen LogP contribution < -0.4 is 5.73 Å². The number of hydrogen-bond donors (Lipinski definition) is 1. The molecule has 0 aromatic carbocycles. The molecule has 2 aliphatic carbocycles. The van der Waals surface area contributed by atoms with Crippen LogP contribution in [-0.2, 0) is 9.84 Å². The predicted molar refractivity (Wildman–Crippen MR) is 72.9 cm³/mol. The Hall–Kier alpha value is -0.0900. The summed E-state index contributed by atoms with van der Waals surface area (Å²) in [5.41, 5.74) is 6.26. The van der Waals surface area contributed by atoms with Gasteiger partial charge in [-0.25, -0.2) is 8.42 Å². The molecule has 18 heavy (non-hydrogen) atoms. The fourth-order valence-electron chi connectivity index (χ4n) is 4.64. The van der Waals surface area contributed by atoms with Crippen molar-refractivity contribution in [3.05, 3.63) is 0 Å². The van der Waals surface area contributed by atoms with E-state index in [0.717, 1.165) is 37.0 Å². The molecular formula is C14H25NO2S. The first-order valence-corrected chi connectivity index (χ1v) is 9.30. The molecule has 0 radical (unpaired) electrons. The van der Waals surface area contributed by atoms with Gasteiger partial charge >= 0.3 is 0 Å². The average molecular weight is 271 g/mol. The summed E-state index contributed by atoms with van der Waals surface area (Å²) in [6, 6.07) is 0.229. The van der Waals surface area contributed by atoms with Crippen molar-refractivity contribution in [2.45, 2.75) is 51.0 Å². The van der Waals surface area contributed by atoms with Gasteiger partial charge in [-0.15, -0.1) is 0 Å². The maximum absolute atomic E-state index is 11.4. The molecule has 5 atom stereocenters. The zero-order chi connectivity index (χ0) is 12.8. The normalized spacial score (nSPS) is 43.4. The van der Waals surface area contributed by atoms with E-state index in [1.165, 1.54) is 25.7 Å². The van der Waals surface area contributed by atoms with Crippen LogP contribution in [0.1, 0.15) is 44.9 Å². The average Bonchev–Trinajstić information content (AvgIpc) is 2.93. The van der Waals surface area contributed by atoms with Crippen molar-refractivity contribution >= 4 is 9.84 Å². The van der Waals surface area contributed by atoms with Gasteiger partial charge in [0.25, 0.3) is 0 Å². The molecule has 1 aliphatic heterocycles. The first kappa shape index (κ1) is 12.9. The van der Waals surface area contributed by atoms with Gasteiger partial charge < -0.3 is 5.73 Å². The van der Waals surface area contributed by atoms with Crippen LogP contribution >= 0.6 is 0 Å². The molecule has 3 fully saturated rings. The number of nitrogens with two attached hydrogens (primary N) is 1. The molecule has 4 heteroatoms. The zero-order valence-corrected chi connectivity index (χ0v) is 11.9. The van der Waals surface area contributed by atoms with Crippen molar-refractivity contribution in [3.63, 3.8) is 0 Å². The van der Waals surface area contributed by atoms with Crippen LogP contribution in [0, 0.1) is 23.7 Å². The van der Waals surface area contributed by atoms with Gasteiger partial charge in [0.1, 0.15) is 0 Å². The minimum Gasteiger partial charge on any atom is -0.328 e. The van der Waals surface area contributed by atoms with Gasteiger partial charge in [0, 0.05) is 6.04 Å². The number of hydrogen-bond acceptors (Lipinski definition) is 3. The second-order valence-corrected chi connectivity index (χ2v) is 9.16. The third kappa shape index (κ3) is 2.74. The van der Waals surface area contributed by atoms with Crippen molar-refractivity contribution in [3.8, 4) is 0 Å². The first-order valence-electron chi connectivity index (χ1n) is 7.48. The van der Waals surface area contributed by atoms with Crippen LogP contribution in [0.25, 0.3) is 0 Å². The molecule has 0 spiro atoms. The molecule has 5 unspecified atom stereocenters. The SMILES string of the molecule is NC(CC1CCS(=O)(=O)C1)CC1CC2CCC1C2. The molecule has 1 saturated heterocycles. The van der Waals surface area contributed by atoms with Crippen LogP contribution in [0.2, 0.25) is 0 Å². The van der Waals surface area contributed by atoms with E-state index in [-0.39, 0.29) is 6.04 Å². The Morgan fingerprint density at radius 3 is 2.50 bits per heavy atom. The van der Waals surface area contributed by atoms with Gasteiger partial charge in [0.2, 0.25) is 0 Å². The van der Waals surface area contributed by atoms with Crippen molar-refractivity contribution in [2.24, 2.45) is 29.4 Å². The monoisotopic (exact) mass is 271 g/mol. The fourth-order valence-corrected chi connectivity index (χ4v) is 6.52. The molecule has 0 aromatic rings. The Labute approximate surface area is 110 Å². The molecule has 2 saturated carbocycles. The molecule has 2 N–H and O–H groups in total. The van der Waals surface area contributed by atoms with Gasteiger partial charge in [-0.3, -0.25) is 0 Å². The van der Waals surface area contributed by atoms with E-state index in [1.54, 1.807) is 0 Å². The minimum atomic E-state index is -2.73. The van der Waals surface area contributed by atoms with E-state index in [9.17, 15) is 8.42 Å². The van der Waals surface area contributed by atoms with Gasteiger partial charge in [-0.1, -0.05) is 6.42 Å². The highest BCUT2D eigenvalue weighted by Crippen LogP contribution is 2.50. The molecule has 0 amide bonds. The van der Waals surface area contributed by atoms with Crippen LogP contribution in [0.4, 0.5) is 0 Å². The molecule has 2 bridgehead atoms.